The molecular formula is C26H49N3O2. The molecule has 0 aromatic rings. The number of likely N-dealkylation sites (tertiary alicyclic amines) is 1. The van der Waals surface area contributed by atoms with Crippen molar-refractivity contribution in [2.24, 2.45) is 17.6 Å². The summed E-state index contributed by atoms with van der Waals surface area (Å²) >= 11 is 0. The van der Waals surface area contributed by atoms with E-state index < -0.39 is 0 Å². The molecular weight excluding hydrogens is 386 g/mol. The molecule has 0 spiro atoms. The van der Waals surface area contributed by atoms with Crippen LogP contribution in [0.1, 0.15) is 78.1 Å². The topological polar surface area (TPSA) is 93.0 Å². The average Bonchev–Trinajstić information content (AvgIpc) is 2.77. The van der Waals surface area contributed by atoms with Crippen LogP contribution < -0.4 is 11.1 Å². The summed E-state index contributed by atoms with van der Waals surface area (Å²) in [7, 11) is 2.23. The Hall–Kier alpha value is -1.14. The Morgan fingerprint density at radius 1 is 1.23 bits per heavy atom. The van der Waals surface area contributed by atoms with E-state index in [-0.39, 0.29) is 18.1 Å². The molecule has 6 N–H and O–H groups in total. The summed E-state index contributed by atoms with van der Waals surface area (Å²) in [5.41, 5.74) is 8.52. The second kappa shape index (κ2) is 15.6. The summed E-state index contributed by atoms with van der Waals surface area (Å²) in [4.78, 5) is 2.45. The van der Waals surface area contributed by atoms with Crippen LogP contribution in [0.2, 0.25) is 0 Å². The maximum absolute atomic E-state index is 9.10. The fourth-order valence-corrected chi connectivity index (χ4v) is 4.88. The summed E-state index contributed by atoms with van der Waals surface area (Å²) in [5.74, 6) is 1.64. The van der Waals surface area contributed by atoms with Crippen LogP contribution in [-0.4, -0.2) is 54.3 Å². The lowest BCUT2D eigenvalue weighted by Gasteiger charge is -2.31. The molecule has 0 amide bonds. The third-order valence-electron chi connectivity index (χ3n) is 6.92. The first-order valence-corrected chi connectivity index (χ1v) is 12.4. The predicted molar refractivity (Wildman–Crippen MR) is 133 cm³/mol. The molecule has 2 aliphatic carbocycles. The quantitative estimate of drug-likeness (QED) is 0.538. The normalized spacial score (nSPS) is 24.2. The predicted octanol–water partition coefficient (Wildman–Crippen LogP) is 3.94. The van der Waals surface area contributed by atoms with E-state index in [4.69, 9.17) is 10.8 Å². The van der Waals surface area contributed by atoms with Gasteiger partial charge in [-0.1, -0.05) is 43.2 Å². The van der Waals surface area contributed by atoms with Gasteiger partial charge < -0.3 is 26.5 Å². The average molecular weight is 436 g/mol. The molecule has 1 aliphatic heterocycles. The highest BCUT2D eigenvalue weighted by Gasteiger charge is 2.23. The van der Waals surface area contributed by atoms with Crippen LogP contribution in [0.15, 0.2) is 35.6 Å². The van der Waals surface area contributed by atoms with E-state index >= 15 is 0 Å². The summed E-state index contributed by atoms with van der Waals surface area (Å²) in [6.45, 7) is 7.06. The minimum atomic E-state index is 0. The lowest BCUT2D eigenvalue weighted by molar-refractivity contribution is 0.212. The molecule has 0 radical (unpaired) electrons. The summed E-state index contributed by atoms with van der Waals surface area (Å²) < 4.78 is 0. The molecule has 1 fully saturated rings. The molecule has 5 heteroatoms. The molecule has 5 nitrogen and oxygen atoms in total. The Kier molecular flexibility index (Phi) is 14.1. The van der Waals surface area contributed by atoms with Crippen molar-refractivity contribution in [2.45, 2.75) is 90.1 Å². The molecule has 3 rings (SSSR count). The molecule has 31 heavy (non-hydrogen) atoms. The van der Waals surface area contributed by atoms with E-state index in [1.165, 1.54) is 64.5 Å². The molecule has 2 unspecified atom stereocenters. The van der Waals surface area contributed by atoms with Crippen LogP contribution >= 0.6 is 0 Å². The maximum Gasteiger partial charge on any atom is 0.0582 e. The van der Waals surface area contributed by atoms with Gasteiger partial charge in [-0.25, -0.2) is 0 Å². The van der Waals surface area contributed by atoms with Gasteiger partial charge in [-0.05, 0) is 96.7 Å². The van der Waals surface area contributed by atoms with Crippen molar-refractivity contribution in [3.63, 3.8) is 0 Å². The highest BCUT2D eigenvalue weighted by molar-refractivity contribution is 5.18. The van der Waals surface area contributed by atoms with E-state index in [0.29, 0.717) is 12.0 Å². The Morgan fingerprint density at radius 2 is 1.97 bits per heavy atom. The minimum Gasteiger partial charge on any atom is -0.412 e. The summed E-state index contributed by atoms with van der Waals surface area (Å²) in [5, 5.41) is 12.6. The van der Waals surface area contributed by atoms with Crippen molar-refractivity contribution in [1.82, 2.24) is 10.2 Å². The number of hydrogen-bond acceptors (Lipinski definition) is 4. The Morgan fingerprint density at radius 3 is 2.52 bits per heavy atom. The largest absolute Gasteiger partial charge is 0.412 e. The molecule has 0 saturated carbocycles. The van der Waals surface area contributed by atoms with Crippen molar-refractivity contribution in [2.75, 3.05) is 26.7 Å². The van der Waals surface area contributed by atoms with Gasteiger partial charge in [0.2, 0.25) is 0 Å². The van der Waals surface area contributed by atoms with Gasteiger partial charge in [-0.15, -0.1) is 0 Å². The van der Waals surface area contributed by atoms with Gasteiger partial charge >= 0.3 is 0 Å². The van der Waals surface area contributed by atoms with E-state index in [1.807, 2.05) is 6.92 Å². The molecule has 180 valence electrons. The lowest BCUT2D eigenvalue weighted by atomic mass is 9.84. The third kappa shape index (κ3) is 10.8. The van der Waals surface area contributed by atoms with Crippen LogP contribution in [0.5, 0.6) is 0 Å². The van der Waals surface area contributed by atoms with Gasteiger partial charge in [0.15, 0.2) is 0 Å². The molecule has 3 aliphatic rings. The monoisotopic (exact) mass is 435 g/mol. The Balaban J connectivity index is 0.000000302. The van der Waals surface area contributed by atoms with Crippen LogP contribution in [0.25, 0.3) is 0 Å². The fraction of sp³-hybridized carbons (Fsp3) is 0.769. The lowest BCUT2D eigenvalue weighted by Crippen LogP contribution is -2.43. The minimum absolute atomic E-state index is 0. The number of piperidine rings is 1. The SMILES string of the molecule is CCC[C@H](NC(C)CO)C1CC=C(N)CC1.CN1CCC(CC2=CC=CCC2)CC1.O. The van der Waals surface area contributed by atoms with Crippen molar-refractivity contribution in [3.8, 4) is 0 Å². The highest BCUT2D eigenvalue weighted by Crippen LogP contribution is 2.27. The van der Waals surface area contributed by atoms with Crippen LogP contribution in [0.3, 0.4) is 0 Å². The molecule has 0 aromatic carbocycles. The van der Waals surface area contributed by atoms with Crippen molar-refractivity contribution in [3.05, 3.63) is 35.6 Å². The van der Waals surface area contributed by atoms with Crippen LogP contribution in [0.4, 0.5) is 0 Å². The number of hydrogen-bond donors (Lipinski definition) is 3. The van der Waals surface area contributed by atoms with Crippen LogP contribution in [-0.2, 0) is 0 Å². The highest BCUT2D eigenvalue weighted by atomic mass is 16.3. The van der Waals surface area contributed by atoms with E-state index in [0.717, 1.165) is 24.5 Å². The zero-order chi connectivity index (χ0) is 21.8. The number of aliphatic hydroxyl groups is 1. The van der Waals surface area contributed by atoms with E-state index in [1.54, 1.807) is 5.57 Å². The first kappa shape index (κ1) is 27.9. The number of rotatable bonds is 8. The van der Waals surface area contributed by atoms with Crippen molar-refractivity contribution < 1.29 is 10.6 Å². The first-order chi connectivity index (χ1) is 14.5. The number of nitrogens with one attached hydrogen (secondary N) is 1. The van der Waals surface area contributed by atoms with Gasteiger partial charge in [0.05, 0.1) is 6.61 Å². The molecule has 1 heterocycles. The zero-order valence-corrected chi connectivity index (χ0v) is 20.3. The summed E-state index contributed by atoms with van der Waals surface area (Å²) in [6, 6.07) is 0.719. The van der Waals surface area contributed by atoms with E-state index in [9.17, 15) is 0 Å². The Labute approximate surface area is 191 Å². The Bertz CT molecular complexity index is 565. The second-order valence-corrected chi connectivity index (χ2v) is 9.70. The van der Waals surface area contributed by atoms with Crippen molar-refractivity contribution in [1.29, 1.82) is 0 Å². The zero-order valence-electron chi connectivity index (χ0n) is 20.3. The van der Waals surface area contributed by atoms with Gasteiger partial charge in [-0.2, -0.15) is 0 Å². The number of aliphatic hydroxyl groups excluding tert-OH is 1. The fourth-order valence-electron chi connectivity index (χ4n) is 4.88. The number of allylic oxidation sites excluding steroid dienone is 6. The maximum atomic E-state index is 9.10. The number of nitrogens with zero attached hydrogens (tertiary/aromatic N) is 1. The summed E-state index contributed by atoms with van der Waals surface area (Å²) in [6.07, 6.45) is 21.4. The van der Waals surface area contributed by atoms with Gasteiger partial charge in [0.1, 0.15) is 0 Å². The standard InChI is InChI=1S/C13H26N2O.C13H21N.H2O/c1-3-4-13(15-10(2)9-16)11-5-7-12(14)8-6-11;1-14-9-7-13(8-10-14)11-12-5-3-2-4-6-12;/h7,10-11,13,15-16H,3-6,8-9,14H2,1-2H3;2-3,5,13H,4,6-11H2,1H3;1H2/t10?,11?,13-;;/m0../s1. The molecule has 3 atom stereocenters. The van der Waals surface area contributed by atoms with Crippen molar-refractivity contribution >= 4 is 0 Å². The second-order valence-electron chi connectivity index (χ2n) is 9.70. The van der Waals surface area contributed by atoms with Crippen LogP contribution in [0, 0.1) is 11.8 Å². The molecule has 0 aromatic heterocycles. The third-order valence-corrected chi connectivity index (χ3v) is 6.92. The van der Waals surface area contributed by atoms with Gasteiger partial charge in [0.25, 0.3) is 0 Å². The van der Waals surface area contributed by atoms with E-state index in [2.05, 4.69) is 48.5 Å². The molecule has 0 bridgehead atoms. The first-order valence-electron chi connectivity index (χ1n) is 12.4. The smallest absolute Gasteiger partial charge is 0.0582 e. The number of nitrogens with two attached hydrogens (primary N) is 1. The van der Waals surface area contributed by atoms with Gasteiger partial charge in [-0.3, -0.25) is 0 Å². The van der Waals surface area contributed by atoms with Gasteiger partial charge in [0, 0.05) is 17.8 Å². The molecule has 1 saturated heterocycles.